The number of ether oxygens (including phenoxy) is 3. The number of hydrogen-bond acceptors (Lipinski definition) is 6. The van der Waals surface area contributed by atoms with Gasteiger partial charge in [-0.25, -0.2) is 0 Å². The molecule has 0 atom stereocenters. The number of carbonyl (C=O) groups excluding carboxylic acids is 1. The zero-order valence-electron chi connectivity index (χ0n) is 10.2. The molecule has 0 aliphatic carbocycles. The summed E-state index contributed by atoms with van der Waals surface area (Å²) in [6.07, 6.45) is 2.02. The number of hydrogen-bond donors (Lipinski definition) is 2. The first-order valence-electron chi connectivity index (χ1n) is 5.93. The first-order valence-corrected chi connectivity index (χ1v) is 5.93. The van der Waals surface area contributed by atoms with Crippen LogP contribution in [0.4, 0.5) is 0 Å². The average molecular weight is 249 g/mol. The van der Waals surface area contributed by atoms with E-state index >= 15 is 0 Å². The average Bonchev–Trinajstić information content (AvgIpc) is 2.33. The van der Waals surface area contributed by atoms with Gasteiger partial charge in [-0.05, 0) is 19.4 Å². The zero-order valence-corrected chi connectivity index (χ0v) is 10.2. The van der Waals surface area contributed by atoms with E-state index in [1.807, 2.05) is 0 Å². The van der Waals surface area contributed by atoms with Crippen LogP contribution >= 0.6 is 0 Å². The van der Waals surface area contributed by atoms with E-state index < -0.39 is 0 Å². The molecule has 0 aromatic rings. The van der Waals surface area contributed by atoms with Crippen LogP contribution in [0.2, 0.25) is 0 Å². The summed E-state index contributed by atoms with van der Waals surface area (Å²) in [7, 11) is 0. The lowest BCUT2D eigenvalue weighted by Gasteiger charge is -2.06. The molecule has 0 rings (SSSR count). The second kappa shape index (κ2) is 13.4. The Morgan fingerprint density at radius 2 is 1.65 bits per heavy atom. The Morgan fingerprint density at radius 3 is 2.29 bits per heavy atom. The van der Waals surface area contributed by atoms with E-state index in [1.54, 1.807) is 0 Å². The van der Waals surface area contributed by atoms with Crippen molar-refractivity contribution in [3.8, 4) is 0 Å². The Kier molecular flexibility index (Phi) is 12.8. The summed E-state index contributed by atoms with van der Waals surface area (Å²) in [5.74, 6) is -0.210. The topological polar surface area (TPSA) is 91.0 Å². The van der Waals surface area contributed by atoms with Gasteiger partial charge in [0, 0.05) is 6.42 Å². The molecule has 0 aliphatic heterocycles. The lowest BCUT2D eigenvalue weighted by molar-refractivity contribution is -0.145. The highest BCUT2D eigenvalue weighted by Gasteiger charge is 2.01. The van der Waals surface area contributed by atoms with Crippen molar-refractivity contribution in [2.75, 3.05) is 46.2 Å². The number of aliphatic hydroxyl groups excluding tert-OH is 1. The molecule has 3 N–H and O–H groups in total. The molecule has 0 saturated heterocycles. The molecule has 17 heavy (non-hydrogen) atoms. The molecule has 0 fully saturated rings. The second-order valence-electron chi connectivity index (χ2n) is 3.41. The van der Waals surface area contributed by atoms with Gasteiger partial charge in [-0.2, -0.15) is 0 Å². The number of carbonyl (C=O) groups is 1. The predicted molar refractivity (Wildman–Crippen MR) is 62.6 cm³/mol. The van der Waals surface area contributed by atoms with E-state index in [2.05, 4.69) is 0 Å². The van der Waals surface area contributed by atoms with Crippen LogP contribution in [0.1, 0.15) is 19.3 Å². The van der Waals surface area contributed by atoms with Gasteiger partial charge in [-0.3, -0.25) is 4.79 Å². The molecule has 0 aliphatic rings. The number of rotatable bonds is 12. The van der Waals surface area contributed by atoms with E-state index in [-0.39, 0.29) is 19.2 Å². The summed E-state index contributed by atoms with van der Waals surface area (Å²) >= 11 is 0. The maximum atomic E-state index is 11.1. The molecule has 0 spiro atoms. The maximum absolute atomic E-state index is 11.1. The van der Waals surface area contributed by atoms with E-state index in [4.69, 9.17) is 25.1 Å². The van der Waals surface area contributed by atoms with Gasteiger partial charge >= 0.3 is 5.97 Å². The standard InChI is InChI=1S/C11H23NO5/c12-4-2-1-3-11(14)17-10-9-16-8-7-15-6-5-13/h13H,1-10,12H2. The van der Waals surface area contributed by atoms with Crippen molar-refractivity contribution >= 4 is 5.97 Å². The Bertz CT molecular complexity index is 177. The van der Waals surface area contributed by atoms with Gasteiger partial charge in [-0.15, -0.1) is 0 Å². The van der Waals surface area contributed by atoms with Gasteiger partial charge in [-0.1, -0.05) is 0 Å². The highest BCUT2D eigenvalue weighted by Crippen LogP contribution is 1.96. The Labute approximate surface area is 102 Å². The van der Waals surface area contributed by atoms with Crippen LogP contribution in [0.3, 0.4) is 0 Å². The first kappa shape index (κ1) is 16.3. The summed E-state index contributed by atoms with van der Waals surface area (Å²) in [5, 5.41) is 8.43. The van der Waals surface area contributed by atoms with Gasteiger partial charge < -0.3 is 25.1 Å². The third kappa shape index (κ3) is 13.2. The fraction of sp³-hybridized carbons (Fsp3) is 0.909. The van der Waals surface area contributed by atoms with E-state index in [0.717, 1.165) is 12.8 Å². The van der Waals surface area contributed by atoms with E-state index in [0.29, 0.717) is 39.4 Å². The van der Waals surface area contributed by atoms with Crippen molar-refractivity contribution in [2.24, 2.45) is 5.73 Å². The number of nitrogens with two attached hydrogens (primary N) is 1. The van der Waals surface area contributed by atoms with Gasteiger partial charge in [0.05, 0.1) is 33.0 Å². The molecule has 0 heterocycles. The van der Waals surface area contributed by atoms with Crippen molar-refractivity contribution in [3.05, 3.63) is 0 Å². The predicted octanol–water partition coefficient (Wildman–Crippen LogP) is -0.316. The molecular formula is C11H23NO5. The molecule has 0 bridgehead atoms. The van der Waals surface area contributed by atoms with E-state index in [9.17, 15) is 4.79 Å². The lowest BCUT2D eigenvalue weighted by Crippen LogP contribution is -2.13. The molecule has 0 unspecified atom stereocenters. The summed E-state index contributed by atoms with van der Waals surface area (Å²) in [5.41, 5.74) is 5.30. The fourth-order valence-electron chi connectivity index (χ4n) is 1.09. The summed E-state index contributed by atoms with van der Waals surface area (Å²) in [6.45, 7) is 2.44. The third-order valence-electron chi connectivity index (χ3n) is 1.93. The van der Waals surface area contributed by atoms with Crippen LogP contribution in [0.15, 0.2) is 0 Å². The highest BCUT2D eigenvalue weighted by atomic mass is 16.6. The zero-order chi connectivity index (χ0) is 12.8. The molecule has 0 radical (unpaired) electrons. The number of aliphatic hydroxyl groups is 1. The fourth-order valence-corrected chi connectivity index (χ4v) is 1.09. The first-order chi connectivity index (χ1) is 8.31. The van der Waals surface area contributed by atoms with Crippen LogP contribution in [0.5, 0.6) is 0 Å². The maximum Gasteiger partial charge on any atom is 0.305 e. The molecule has 6 heteroatoms. The number of unbranched alkanes of at least 4 members (excludes halogenated alkanes) is 1. The van der Waals surface area contributed by atoms with Crippen molar-refractivity contribution < 1.29 is 24.1 Å². The Morgan fingerprint density at radius 1 is 1.00 bits per heavy atom. The smallest absolute Gasteiger partial charge is 0.305 e. The SMILES string of the molecule is NCCCCC(=O)OCCOCCOCCO. The molecule has 102 valence electrons. The van der Waals surface area contributed by atoms with Crippen molar-refractivity contribution in [1.82, 2.24) is 0 Å². The molecule has 0 saturated carbocycles. The van der Waals surface area contributed by atoms with Crippen molar-refractivity contribution in [2.45, 2.75) is 19.3 Å². The minimum Gasteiger partial charge on any atom is -0.463 e. The van der Waals surface area contributed by atoms with E-state index in [1.165, 1.54) is 0 Å². The van der Waals surface area contributed by atoms with Crippen LogP contribution in [0.25, 0.3) is 0 Å². The van der Waals surface area contributed by atoms with Crippen molar-refractivity contribution in [3.63, 3.8) is 0 Å². The Hall–Kier alpha value is -0.690. The Balaban J connectivity index is 3.08. The third-order valence-corrected chi connectivity index (χ3v) is 1.93. The molecular weight excluding hydrogens is 226 g/mol. The van der Waals surface area contributed by atoms with Crippen LogP contribution in [-0.2, 0) is 19.0 Å². The lowest BCUT2D eigenvalue weighted by atomic mass is 10.2. The molecule has 6 nitrogen and oxygen atoms in total. The summed E-state index contributed by atoms with van der Waals surface area (Å²) in [4.78, 5) is 11.1. The van der Waals surface area contributed by atoms with Crippen LogP contribution in [0, 0.1) is 0 Å². The van der Waals surface area contributed by atoms with Gasteiger partial charge in [0.15, 0.2) is 0 Å². The molecule has 0 aromatic carbocycles. The quantitative estimate of drug-likeness (QED) is 0.364. The summed E-state index contributed by atoms with van der Waals surface area (Å²) in [6, 6.07) is 0. The second-order valence-corrected chi connectivity index (χ2v) is 3.41. The van der Waals surface area contributed by atoms with Crippen LogP contribution in [-0.4, -0.2) is 57.3 Å². The minimum atomic E-state index is -0.210. The molecule has 0 amide bonds. The normalized spacial score (nSPS) is 10.5. The molecule has 0 aromatic heterocycles. The largest absolute Gasteiger partial charge is 0.463 e. The number of esters is 1. The van der Waals surface area contributed by atoms with Crippen molar-refractivity contribution in [1.29, 1.82) is 0 Å². The minimum absolute atomic E-state index is 0.0143. The van der Waals surface area contributed by atoms with Gasteiger partial charge in [0.1, 0.15) is 6.61 Å². The highest BCUT2D eigenvalue weighted by molar-refractivity contribution is 5.69. The summed E-state index contributed by atoms with van der Waals surface area (Å²) < 4.78 is 15.1. The van der Waals surface area contributed by atoms with Gasteiger partial charge in [0.2, 0.25) is 0 Å². The van der Waals surface area contributed by atoms with Crippen LogP contribution < -0.4 is 5.73 Å². The van der Waals surface area contributed by atoms with Gasteiger partial charge in [0.25, 0.3) is 0 Å². The monoisotopic (exact) mass is 249 g/mol.